The number of carboxylic acids is 3. The van der Waals surface area contributed by atoms with Gasteiger partial charge in [-0.15, -0.1) is 0 Å². The zero-order chi connectivity index (χ0) is 15.6. The van der Waals surface area contributed by atoms with E-state index in [9.17, 15) is 19.2 Å². The fourth-order valence-corrected chi connectivity index (χ4v) is 0.573. The predicted molar refractivity (Wildman–Crippen MR) is 60.5 cm³/mol. The highest BCUT2D eigenvalue weighted by molar-refractivity contribution is 5.80. The van der Waals surface area contributed by atoms with Gasteiger partial charge in [0.15, 0.2) is 0 Å². The second-order valence-electron chi connectivity index (χ2n) is 3.24. The van der Waals surface area contributed by atoms with Gasteiger partial charge in [-0.25, -0.2) is 4.79 Å². The topological polar surface area (TPSA) is 176 Å². The molecule has 0 aromatic heterocycles. The number of amides is 1. The van der Waals surface area contributed by atoms with Crippen LogP contribution < -0.4 is 11.1 Å². The van der Waals surface area contributed by atoms with E-state index in [1.165, 1.54) is 14.0 Å². The van der Waals surface area contributed by atoms with Crippen LogP contribution in [0.3, 0.4) is 0 Å². The Balaban J connectivity index is 0. The van der Waals surface area contributed by atoms with Crippen LogP contribution in [0, 0.1) is 0 Å². The Kier molecular flexibility index (Phi) is 9.64. The van der Waals surface area contributed by atoms with Crippen LogP contribution in [0.4, 0.5) is 4.79 Å². The molecule has 1 amide bonds. The van der Waals surface area contributed by atoms with Crippen LogP contribution in [-0.2, 0) is 19.1 Å². The van der Waals surface area contributed by atoms with Crippen molar-refractivity contribution in [3.8, 4) is 0 Å². The highest BCUT2D eigenvalue weighted by atomic mass is 16.5. The molecule has 6 N–H and O–H groups in total. The fraction of sp³-hybridized carbons (Fsp3) is 0.556. The Hall–Kier alpha value is -2.36. The molecule has 0 aliphatic carbocycles. The zero-order valence-electron chi connectivity index (χ0n) is 10.3. The van der Waals surface area contributed by atoms with Gasteiger partial charge in [-0.05, 0) is 6.92 Å². The summed E-state index contributed by atoms with van der Waals surface area (Å²) in [6.07, 6.45) is -1.27. The van der Waals surface area contributed by atoms with E-state index in [0.29, 0.717) is 0 Å². The molecule has 10 nitrogen and oxygen atoms in total. The number of carboxylic acid groups (broad SMARTS) is 3. The Labute approximate surface area is 108 Å². The lowest BCUT2D eigenvalue weighted by atomic mass is 10.2. The zero-order valence-corrected chi connectivity index (χ0v) is 10.3. The number of nitrogens with one attached hydrogen (secondary N) is 1. The van der Waals surface area contributed by atoms with Gasteiger partial charge >= 0.3 is 24.0 Å². The summed E-state index contributed by atoms with van der Waals surface area (Å²) in [6, 6.07) is -2.20. The third-order valence-corrected chi connectivity index (χ3v) is 1.60. The summed E-state index contributed by atoms with van der Waals surface area (Å²) in [5.41, 5.74) is 4.84. The van der Waals surface area contributed by atoms with E-state index in [1.807, 2.05) is 0 Å². The number of hydrogen-bond acceptors (Lipinski definition) is 6. The van der Waals surface area contributed by atoms with E-state index in [4.69, 9.17) is 21.1 Å². The molecule has 0 spiro atoms. The average molecular weight is 280 g/mol. The first-order valence-corrected chi connectivity index (χ1v) is 4.89. The number of aliphatic carboxylic acids is 3. The minimum absolute atomic E-state index is 0.532. The average Bonchev–Trinajstić information content (AvgIpc) is 2.28. The molecular formula is C9H16N2O8. The molecule has 0 unspecified atom stereocenters. The Morgan fingerprint density at radius 2 is 1.63 bits per heavy atom. The lowest BCUT2D eigenvalue weighted by molar-refractivity contribution is -0.144. The maximum absolute atomic E-state index is 10.3. The number of alkyl carbamates (subject to hydrolysis) is 1. The SMILES string of the molecule is COC(=O)N[C@@H](C)C(=O)O.N[C@@H](CC(=O)O)C(=O)O. The minimum Gasteiger partial charge on any atom is -0.481 e. The molecule has 0 rings (SSSR count). The molecule has 0 aromatic rings. The number of methoxy groups -OCH3 is 1. The van der Waals surface area contributed by atoms with Crippen molar-refractivity contribution in [1.82, 2.24) is 5.32 Å². The Morgan fingerprint density at radius 3 is 1.84 bits per heavy atom. The van der Waals surface area contributed by atoms with E-state index in [-0.39, 0.29) is 0 Å². The summed E-state index contributed by atoms with van der Waals surface area (Å²) in [5.74, 6) is -3.59. The minimum atomic E-state index is -1.29. The third kappa shape index (κ3) is 11.9. The first-order chi connectivity index (χ1) is 8.61. The molecule has 0 aromatic carbocycles. The van der Waals surface area contributed by atoms with Crippen LogP contribution in [0.1, 0.15) is 13.3 Å². The first-order valence-electron chi connectivity index (χ1n) is 4.89. The van der Waals surface area contributed by atoms with Crippen molar-refractivity contribution in [1.29, 1.82) is 0 Å². The van der Waals surface area contributed by atoms with Crippen molar-refractivity contribution in [3.63, 3.8) is 0 Å². The molecule has 0 saturated heterocycles. The molecule has 0 aliphatic rings. The highest BCUT2D eigenvalue weighted by Crippen LogP contribution is 1.86. The van der Waals surface area contributed by atoms with E-state index < -0.39 is 42.5 Å². The lowest BCUT2D eigenvalue weighted by Crippen LogP contribution is -2.38. The van der Waals surface area contributed by atoms with Gasteiger partial charge in [0.1, 0.15) is 12.1 Å². The first kappa shape index (κ1) is 19.0. The second-order valence-corrected chi connectivity index (χ2v) is 3.24. The molecule has 0 heterocycles. The van der Waals surface area contributed by atoms with Gasteiger partial charge < -0.3 is 31.1 Å². The van der Waals surface area contributed by atoms with Crippen molar-refractivity contribution in [2.75, 3.05) is 7.11 Å². The monoisotopic (exact) mass is 280 g/mol. The van der Waals surface area contributed by atoms with Gasteiger partial charge in [-0.3, -0.25) is 14.4 Å². The summed E-state index contributed by atoms with van der Waals surface area (Å²) in [6.45, 7) is 1.35. The normalized spacial score (nSPS) is 12.2. The van der Waals surface area contributed by atoms with Crippen LogP contribution in [0.5, 0.6) is 0 Å². The Morgan fingerprint density at radius 1 is 1.16 bits per heavy atom. The molecule has 2 atom stereocenters. The van der Waals surface area contributed by atoms with Crippen LogP contribution >= 0.6 is 0 Å². The number of ether oxygens (including phenoxy) is 1. The summed E-state index contributed by atoms with van der Waals surface area (Å²) in [7, 11) is 1.17. The second kappa shape index (κ2) is 9.65. The number of nitrogens with two attached hydrogens (primary N) is 1. The number of rotatable bonds is 5. The predicted octanol–water partition coefficient (Wildman–Crippen LogP) is -1.31. The van der Waals surface area contributed by atoms with E-state index in [2.05, 4.69) is 10.1 Å². The summed E-state index contributed by atoms with van der Waals surface area (Å²) >= 11 is 0. The molecule has 10 heteroatoms. The van der Waals surface area contributed by atoms with Gasteiger partial charge in [0.2, 0.25) is 0 Å². The summed E-state index contributed by atoms with van der Waals surface area (Å²) in [4.78, 5) is 40.0. The maximum Gasteiger partial charge on any atom is 0.407 e. The third-order valence-electron chi connectivity index (χ3n) is 1.60. The number of carbonyl (C=O) groups excluding carboxylic acids is 1. The van der Waals surface area contributed by atoms with E-state index in [0.717, 1.165) is 0 Å². The van der Waals surface area contributed by atoms with Crippen molar-refractivity contribution in [2.45, 2.75) is 25.4 Å². The molecule has 0 saturated carbocycles. The highest BCUT2D eigenvalue weighted by Gasteiger charge is 2.14. The molecule has 0 radical (unpaired) electrons. The van der Waals surface area contributed by atoms with Crippen LogP contribution in [-0.4, -0.2) is 58.5 Å². The van der Waals surface area contributed by atoms with Crippen LogP contribution in [0.25, 0.3) is 0 Å². The summed E-state index contributed by atoms with van der Waals surface area (Å²) in [5, 5.41) is 26.4. The summed E-state index contributed by atoms with van der Waals surface area (Å²) < 4.78 is 4.16. The molecule has 0 bridgehead atoms. The van der Waals surface area contributed by atoms with Crippen LogP contribution in [0.15, 0.2) is 0 Å². The largest absolute Gasteiger partial charge is 0.481 e. The molecule has 110 valence electrons. The fourth-order valence-electron chi connectivity index (χ4n) is 0.573. The lowest BCUT2D eigenvalue weighted by Gasteiger charge is -2.06. The van der Waals surface area contributed by atoms with E-state index >= 15 is 0 Å². The van der Waals surface area contributed by atoms with Gasteiger partial charge in [-0.1, -0.05) is 0 Å². The molecule has 0 fully saturated rings. The van der Waals surface area contributed by atoms with Gasteiger partial charge in [0.25, 0.3) is 0 Å². The molecule has 19 heavy (non-hydrogen) atoms. The Bertz CT molecular complexity index is 343. The van der Waals surface area contributed by atoms with Crippen LogP contribution in [0.2, 0.25) is 0 Å². The van der Waals surface area contributed by atoms with Crippen molar-refractivity contribution in [2.24, 2.45) is 5.73 Å². The van der Waals surface area contributed by atoms with E-state index in [1.54, 1.807) is 0 Å². The van der Waals surface area contributed by atoms with Crippen molar-refractivity contribution in [3.05, 3.63) is 0 Å². The smallest absolute Gasteiger partial charge is 0.407 e. The molecule has 0 aliphatic heterocycles. The number of carbonyl (C=O) groups is 4. The number of hydrogen-bond donors (Lipinski definition) is 5. The quantitative estimate of drug-likeness (QED) is 0.409. The van der Waals surface area contributed by atoms with Gasteiger partial charge in [-0.2, -0.15) is 0 Å². The van der Waals surface area contributed by atoms with Crippen molar-refractivity contribution < 1.29 is 39.2 Å². The van der Waals surface area contributed by atoms with Gasteiger partial charge in [0.05, 0.1) is 13.5 Å². The van der Waals surface area contributed by atoms with Gasteiger partial charge in [0, 0.05) is 0 Å². The van der Waals surface area contributed by atoms with Crippen molar-refractivity contribution >= 4 is 24.0 Å². The maximum atomic E-state index is 10.3. The standard InChI is InChI=1S/C5H9NO4.C4H7NO4/c1-3(4(7)8)6-5(9)10-2;5-2(4(8)9)1-3(6)7/h3H,1-2H3,(H,6,9)(H,7,8);2H,1,5H2,(H,6,7)(H,8,9)/t3-;2-/m00/s1. The molecular weight excluding hydrogens is 264 g/mol.